The summed E-state index contributed by atoms with van der Waals surface area (Å²) in [6.45, 7) is 4.83. The van der Waals surface area contributed by atoms with E-state index in [1.807, 2.05) is 28.8 Å². The van der Waals surface area contributed by atoms with Gasteiger partial charge in [0.1, 0.15) is 17.7 Å². The molecule has 1 amide bonds. The van der Waals surface area contributed by atoms with Crippen molar-refractivity contribution in [2.45, 2.75) is 31.5 Å². The zero-order chi connectivity index (χ0) is 27.6. The van der Waals surface area contributed by atoms with Gasteiger partial charge in [-0.05, 0) is 49.6 Å². The van der Waals surface area contributed by atoms with Gasteiger partial charge >= 0.3 is 0 Å². The SMILES string of the molecule is COc1cc2c(cc1C(=O)NCCCN1CCC(F)CC1)sc1nc(-c3ccc(C4COCCN4)cc3F)cn12.Cl.Cl. The number of amides is 1. The van der Waals surface area contributed by atoms with Crippen molar-refractivity contribution in [1.29, 1.82) is 0 Å². The smallest absolute Gasteiger partial charge is 0.255 e. The molecule has 1 unspecified atom stereocenters. The second-order valence-electron chi connectivity index (χ2n) is 10.3. The van der Waals surface area contributed by atoms with E-state index in [4.69, 9.17) is 14.5 Å². The van der Waals surface area contributed by atoms with Crippen molar-refractivity contribution in [2.24, 2.45) is 0 Å². The molecule has 1 atom stereocenters. The molecule has 2 fully saturated rings. The number of nitrogens with zero attached hydrogens (tertiary/aromatic N) is 3. The Morgan fingerprint density at radius 3 is 2.76 bits per heavy atom. The van der Waals surface area contributed by atoms with Gasteiger partial charge in [-0.3, -0.25) is 9.20 Å². The average Bonchev–Trinajstić information content (AvgIpc) is 3.53. The van der Waals surface area contributed by atoms with Crippen LogP contribution in [0.5, 0.6) is 5.75 Å². The fourth-order valence-corrected chi connectivity index (χ4v) is 6.49. The number of rotatable bonds is 8. The molecule has 2 aromatic heterocycles. The summed E-state index contributed by atoms with van der Waals surface area (Å²) in [5, 5.41) is 6.34. The lowest BCUT2D eigenvalue weighted by Crippen LogP contribution is -2.36. The van der Waals surface area contributed by atoms with E-state index < -0.39 is 6.17 Å². The van der Waals surface area contributed by atoms with Crippen molar-refractivity contribution in [2.75, 3.05) is 53.0 Å². The molecule has 2 aliphatic heterocycles. The van der Waals surface area contributed by atoms with Crippen LogP contribution in [-0.2, 0) is 4.74 Å². The van der Waals surface area contributed by atoms with Crippen LogP contribution in [0.2, 0.25) is 0 Å². The maximum atomic E-state index is 15.2. The Labute approximate surface area is 259 Å². The highest BCUT2D eigenvalue weighted by Crippen LogP contribution is 2.35. The number of carbonyl (C=O) groups excluding carboxylic acids is 1. The molecule has 42 heavy (non-hydrogen) atoms. The quantitative estimate of drug-likeness (QED) is 0.250. The molecule has 0 bridgehead atoms. The highest BCUT2D eigenvalue weighted by molar-refractivity contribution is 7.23. The number of thiazole rings is 1. The number of likely N-dealkylation sites (tertiary alicyclic amines) is 1. The minimum atomic E-state index is -0.683. The van der Waals surface area contributed by atoms with E-state index in [0.29, 0.717) is 60.1 Å². The summed E-state index contributed by atoms with van der Waals surface area (Å²) >= 11 is 1.44. The third-order valence-electron chi connectivity index (χ3n) is 7.71. The normalized spacial score (nSPS) is 18.0. The summed E-state index contributed by atoms with van der Waals surface area (Å²) in [6, 6.07) is 8.86. The number of carbonyl (C=O) groups is 1. The first-order chi connectivity index (χ1) is 19.5. The molecule has 2 aromatic carbocycles. The van der Waals surface area contributed by atoms with Gasteiger partial charge in [-0.2, -0.15) is 0 Å². The number of morpholine rings is 1. The van der Waals surface area contributed by atoms with Gasteiger partial charge in [-0.1, -0.05) is 17.4 Å². The summed E-state index contributed by atoms with van der Waals surface area (Å²) < 4.78 is 42.4. The first-order valence-corrected chi connectivity index (χ1v) is 14.6. The number of ether oxygens (including phenoxy) is 2. The molecule has 2 saturated heterocycles. The summed E-state index contributed by atoms with van der Waals surface area (Å²) in [5.74, 6) is -0.0703. The van der Waals surface area contributed by atoms with Crippen LogP contribution in [-0.4, -0.2) is 79.4 Å². The average molecular weight is 643 g/mol. The zero-order valence-corrected chi connectivity index (χ0v) is 25.7. The molecule has 6 rings (SSSR count). The first-order valence-electron chi connectivity index (χ1n) is 13.8. The summed E-state index contributed by atoms with van der Waals surface area (Å²) in [5.41, 5.74) is 3.12. The Morgan fingerprint density at radius 2 is 2.05 bits per heavy atom. The van der Waals surface area contributed by atoms with Gasteiger partial charge in [-0.25, -0.2) is 13.8 Å². The molecule has 13 heteroatoms. The number of halogens is 4. The van der Waals surface area contributed by atoms with Crippen LogP contribution < -0.4 is 15.4 Å². The van der Waals surface area contributed by atoms with Crippen LogP contribution >= 0.6 is 36.2 Å². The molecule has 228 valence electrons. The molecular weight excluding hydrogens is 607 g/mol. The Kier molecular flexibility index (Phi) is 11.0. The van der Waals surface area contributed by atoms with Crippen LogP contribution in [0.3, 0.4) is 0 Å². The molecule has 2 N–H and O–H groups in total. The number of piperidine rings is 1. The number of fused-ring (bicyclic) bond motifs is 3. The predicted octanol–water partition coefficient (Wildman–Crippen LogP) is 5.42. The number of aromatic nitrogens is 2. The number of nitrogens with one attached hydrogen (secondary N) is 2. The molecule has 0 radical (unpaired) electrons. The fraction of sp³-hybridized carbons (Fsp3) is 0.448. The number of alkyl halides is 1. The lowest BCUT2D eigenvalue weighted by molar-refractivity contribution is 0.0768. The second-order valence-corrected chi connectivity index (χ2v) is 11.4. The largest absolute Gasteiger partial charge is 0.496 e. The van der Waals surface area contributed by atoms with Gasteiger partial charge in [0.2, 0.25) is 0 Å². The maximum Gasteiger partial charge on any atom is 0.255 e. The molecule has 0 aliphatic carbocycles. The molecule has 4 heterocycles. The van der Waals surface area contributed by atoms with E-state index in [-0.39, 0.29) is 42.6 Å². The standard InChI is InChI=1S/C29H33F2N5O3S.2ClH/c1-38-26-15-25-27(14-21(26)28(37)33-7-2-9-35-10-5-19(30)6-11-35)40-29-34-23(16-36(25)29)20-4-3-18(13-22(20)31)24-17-39-12-8-32-24;;/h3-4,13-16,19,24,32H,2,5-12,17H2,1H3,(H,33,37);2*1H. The van der Waals surface area contributed by atoms with Crippen LogP contribution in [0, 0.1) is 5.82 Å². The molecule has 4 aromatic rings. The predicted molar refractivity (Wildman–Crippen MR) is 166 cm³/mol. The highest BCUT2D eigenvalue weighted by Gasteiger charge is 2.21. The molecule has 0 spiro atoms. The molecule has 8 nitrogen and oxygen atoms in total. The Balaban J connectivity index is 0.00000202. The van der Waals surface area contributed by atoms with Gasteiger partial charge in [0.25, 0.3) is 5.91 Å². The number of hydrogen-bond acceptors (Lipinski definition) is 7. The lowest BCUT2D eigenvalue weighted by atomic mass is 10.0. The van der Waals surface area contributed by atoms with Gasteiger partial charge < -0.3 is 25.0 Å². The van der Waals surface area contributed by atoms with Gasteiger partial charge in [-0.15, -0.1) is 24.8 Å². The zero-order valence-electron chi connectivity index (χ0n) is 23.2. The monoisotopic (exact) mass is 641 g/mol. The minimum absolute atomic E-state index is 0. The Morgan fingerprint density at radius 1 is 1.24 bits per heavy atom. The van der Waals surface area contributed by atoms with Crippen molar-refractivity contribution in [3.8, 4) is 17.0 Å². The van der Waals surface area contributed by atoms with Crippen LogP contribution in [0.25, 0.3) is 26.4 Å². The minimum Gasteiger partial charge on any atom is -0.496 e. The number of hydrogen-bond donors (Lipinski definition) is 2. The van der Waals surface area contributed by atoms with Crippen molar-refractivity contribution in [3.63, 3.8) is 0 Å². The van der Waals surface area contributed by atoms with Gasteiger partial charge in [0.05, 0.1) is 47.8 Å². The second kappa shape index (κ2) is 14.3. The van der Waals surface area contributed by atoms with Crippen molar-refractivity contribution in [3.05, 3.63) is 53.5 Å². The van der Waals surface area contributed by atoms with E-state index in [9.17, 15) is 9.18 Å². The van der Waals surface area contributed by atoms with Crippen molar-refractivity contribution in [1.82, 2.24) is 24.9 Å². The summed E-state index contributed by atoms with van der Waals surface area (Å²) in [7, 11) is 1.54. The topological polar surface area (TPSA) is 80.1 Å². The van der Waals surface area contributed by atoms with Crippen molar-refractivity contribution >= 4 is 57.2 Å². The van der Waals surface area contributed by atoms with Crippen LogP contribution in [0.4, 0.5) is 8.78 Å². The highest BCUT2D eigenvalue weighted by atomic mass is 35.5. The third-order valence-corrected chi connectivity index (χ3v) is 8.72. The molecular formula is C29H35Cl2F2N5O3S. The third kappa shape index (κ3) is 6.82. The van der Waals surface area contributed by atoms with E-state index in [2.05, 4.69) is 15.5 Å². The maximum absolute atomic E-state index is 15.2. The van der Waals surface area contributed by atoms with E-state index >= 15 is 4.39 Å². The number of imidazole rings is 1. The fourth-order valence-electron chi connectivity index (χ4n) is 5.46. The van der Waals surface area contributed by atoms with Crippen LogP contribution in [0.1, 0.15) is 41.2 Å². The summed E-state index contributed by atoms with van der Waals surface area (Å²) in [4.78, 5) is 20.6. The van der Waals surface area contributed by atoms with Gasteiger partial charge in [0, 0.05) is 44.0 Å². The van der Waals surface area contributed by atoms with E-state index in [1.54, 1.807) is 19.2 Å². The molecule has 0 saturated carbocycles. The summed E-state index contributed by atoms with van der Waals surface area (Å²) in [6.07, 6.45) is 3.11. The number of benzene rings is 2. The van der Waals surface area contributed by atoms with E-state index in [0.717, 1.165) is 48.4 Å². The van der Waals surface area contributed by atoms with Gasteiger partial charge in [0.15, 0.2) is 4.96 Å². The van der Waals surface area contributed by atoms with Crippen molar-refractivity contribution < 1.29 is 23.0 Å². The lowest BCUT2D eigenvalue weighted by Gasteiger charge is -2.28. The first kappa shape index (κ1) is 32.4. The Hall–Kier alpha value is -2.54. The Bertz CT molecular complexity index is 1520. The van der Waals surface area contributed by atoms with E-state index in [1.165, 1.54) is 11.3 Å². The number of methoxy groups -OCH3 is 1. The molecule has 2 aliphatic rings. The van der Waals surface area contributed by atoms with Crippen LogP contribution in [0.15, 0.2) is 36.5 Å².